The highest BCUT2D eigenvalue weighted by molar-refractivity contribution is 6.39. The summed E-state index contributed by atoms with van der Waals surface area (Å²) in [6, 6.07) is 23.0. The Morgan fingerprint density at radius 2 is 1.40 bits per heavy atom. The molecule has 5 nitrogen and oxygen atoms in total. The Bertz CT molecular complexity index is 1020. The molecule has 0 fully saturated rings. The molecule has 154 valence electrons. The van der Waals surface area contributed by atoms with Crippen LogP contribution in [-0.2, 0) is 15.2 Å². The molecule has 3 aromatic carbocycles. The minimum absolute atomic E-state index is 0.0865. The summed E-state index contributed by atoms with van der Waals surface area (Å²) in [6.45, 7) is 5.36. The Balaban J connectivity index is 1.61. The summed E-state index contributed by atoms with van der Waals surface area (Å²) < 4.78 is 0. The van der Waals surface area contributed by atoms with Crippen molar-refractivity contribution in [3.05, 3.63) is 89.5 Å². The third-order valence-corrected chi connectivity index (χ3v) is 4.89. The van der Waals surface area contributed by atoms with Gasteiger partial charge in [-0.2, -0.15) is 0 Å². The largest absolute Gasteiger partial charge is 0.384 e. The van der Waals surface area contributed by atoms with Gasteiger partial charge < -0.3 is 15.7 Å². The number of amides is 2. The van der Waals surface area contributed by atoms with E-state index in [2.05, 4.69) is 10.6 Å². The molecule has 30 heavy (non-hydrogen) atoms. The van der Waals surface area contributed by atoms with Crippen molar-refractivity contribution >= 4 is 17.5 Å². The van der Waals surface area contributed by atoms with Gasteiger partial charge >= 0.3 is 11.8 Å². The average molecular weight is 402 g/mol. The highest BCUT2D eigenvalue weighted by Crippen LogP contribution is 2.24. The first-order valence-corrected chi connectivity index (χ1v) is 9.80. The zero-order valence-corrected chi connectivity index (χ0v) is 17.4. The number of carbonyl (C=O) groups excluding carboxylic acids is 2. The number of nitrogens with one attached hydrogen (secondary N) is 2. The van der Waals surface area contributed by atoms with E-state index < -0.39 is 17.4 Å². The van der Waals surface area contributed by atoms with Crippen molar-refractivity contribution < 1.29 is 14.7 Å². The fourth-order valence-electron chi connectivity index (χ4n) is 3.32. The van der Waals surface area contributed by atoms with Gasteiger partial charge in [0.15, 0.2) is 0 Å². The van der Waals surface area contributed by atoms with Crippen LogP contribution in [0.15, 0.2) is 72.8 Å². The number of carbonyl (C=O) groups is 2. The molecule has 3 rings (SSSR count). The molecular weight excluding hydrogens is 376 g/mol. The molecule has 5 heteroatoms. The van der Waals surface area contributed by atoms with E-state index in [-0.39, 0.29) is 6.54 Å². The maximum atomic E-state index is 12.2. The van der Waals surface area contributed by atoms with Crippen LogP contribution in [0.5, 0.6) is 0 Å². The van der Waals surface area contributed by atoms with Crippen LogP contribution in [0, 0.1) is 13.8 Å². The third kappa shape index (κ3) is 5.33. The van der Waals surface area contributed by atoms with Crippen LogP contribution in [0.1, 0.15) is 23.6 Å². The highest BCUT2D eigenvalue weighted by atomic mass is 16.3. The number of benzene rings is 3. The summed E-state index contributed by atoms with van der Waals surface area (Å²) in [5.74, 6) is -1.56. The Labute approximate surface area is 176 Å². The summed E-state index contributed by atoms with van der Waals surface area (Å²) in [5, 5.41) is 15.9. The summed E-state index contributed by atoms with van der Waals surface area (Å²) >= 11 is 0. The molecule has 2 amide bonds. The first-order chi connectivity index (χ1) is 14.2. The third-order valence-electron chi connectivity index (χ3n) is 4.89. The lowest BCUT2D eigenvalue weighted by atomic mass is 9.93. The Hall–Kier alpha value is -3.44. The first kappa shape index (κ1) is 21.3. The molecule has 0 spiro atoms. The quantitative estimate of drug-likeness (QED) is 0.566. The number of rotatable bonds is 5. The fourth-order valence-corrected chi connectivity index (χ4v) is 3.32. The topological polar surface area (TPSA) is 78.4 Å². The van der Waals surface area contributed by atoms with Gasteiger partial charge in [0.05, 0.1) is 6.54 Å². The van der Waals surface area contributed by atoms with E-state index in [1.165, 1.54) is 0 Å². The van der Waals surface area contributed by atoms with E-state index in [0.717, 1.165) is 22.3 Å². The summed E-state index contributed by atoms with van der Waals surface area (Å²) in [7, 11) is 0. The normalized spacial score (nSPS) is 12.7. The molecule has 1 atom stereocenters. The number of aliphatic hydroxyl groups is 1. The van der Waals surface area contributed by atoms with Gasteiger partial charge in [0.1, 0.15) is 5.60 Å². The minimum atomic E-state index is -1.31. The highest BCUT2D eigenvalue weighted by Gasteiger charge is 2.25. The van der Waals surface area contributed by atoms with Crippen LogP contribution in [0.25, 0.3) is 11.1 Å². The van der Waals surface area contributed by atoms with Crippen LogP contribution in [-0.4, -0.2) is 23.5 Å². The zero-order valence-electron chi connectivity index (χ0n) is 17.4. The molecule has 0 heterocycles. The summed E-state index contributed by atoms with van der Waals surface area (Å²) in [4.78, 5) is 24.4. The van der Waals surface area contributed by atoms with Crippen LogP contribution in [0.2, 0.25) is 0 Å². The molecule has 3 N–H and O–H groups in total. The second kappa shape index (κ2) is 8.93. The monoisotopic (exact) mass is 402 g/mol. The van der Waals surface area contributed by atoms with Crippen LogP contribution < -0.4 is 10.6 Å². The predicted molar refractivity (Wildman–Crippen MR) is 119 cm³/mol. The predicted octanol–water partition coefficient (Wildman–Crippen LogP) is 3.93. The van der Waals surface area contributed by atoms with Gasteiger partial charge in [0.2, 0.25) is 0 Å². The molecule has 0 bridgehead atoms. The number of hydrogen-bond donors (Lipinski definition) is 3. The van der Waals surface area contributed by atoms with Crippen molar-refractivity contribution in [2.24, 2.45) is 0 Å². The van der Waals surface area contributed by atoms with Gasteiger partial charge in [-0.15, -0.1) is 0 Å². The van der Waals surface area contributed by atoms with E-state index >= 15 is 0 Å². The van der Waals surface area contributed by atoms with Crippen molar-refractivity contribution in [2.45, 2.75) is 26.4 Å². The van der Waals surface area contributed by atoms with Crippen molar-refractivity contribution in [2.75, 3.05) is 11.9 Å². The number of hydrogen-bond acceptors (Lipinski definition) is 3. The Morgan fingerprint density at radius 3 is 2.00 bits per heavy atom. The molecule has 3 aromatic rings. The standard InChI is InChI=1S/C25H26N2O3/c1-17-13-18(2)15-22(14-17)27-24(29)23(28)26-16-25(3,30)21-11-9-20(10-12-21)19-7-5-4-6-8-19/h4-15,30H,16H2,1-3H3,(H,26,28)(H,27,29). The lowest BCUT2D eigenvalue weighted by molar-refractivity contribution is -0.136. The van der Waals surface area contributed by atoms with Crippen LogP contribution in [0.4, 0.5) is 5.69 Å². The molecule has 0 aromatic heterocycles. The van der Waals surface area contributed by atoms with Gasteiger partial charge in [-0.3, -0.25) is 9.59 Å². The van der Waals surface area contributed by atoms with Crippen LogP contribution >= 0.6 is 0 Å². The molecule has 0 radical (unpaired) electrons. The van der Waals surface area contributed by atoms with E-state index in [1.54, 1.807) is 19.1 Å². The van der Waals surface area contributed by atoms with E-state index in [1.807, 2.05) is 74.5 Å². The first-order valence-electron chi connectivity index (χ1n) is 9.80. The molecule has 0 aliphatic rings. The van der Waals surface area contributed by atoms with E-state index in [0.29, 0.717) is 11.3 Å². The maximum Gasteiger partial charge on any atom is 0.313 e. The SMILES string of the molecule is Cc1cc(C)cc(NC(=O)C(=O)NCC(C)(O)c2ccc(-c3ccccc3)cc2)c1. The molecule has 0 saturated heterocycles. The summed E-state index contributed by atoms with van der Waals surface area (Å²) in [5.41, 5.74) is 4.01. The van der Waals surface area contributed by atoms with Crippen molar-refractivity contribution in [3.8, 4) is 11.1 Å². The van der Waals surface area contributed by atoms with Gasteiger partial charge in [-0.25, -0.2) is 0 Å². The van der Waals surface area contributed by atoms with Crippen molar-refractivity contribution in [1.82, 2.24) is 5.32 Å². The average Bonchev–Trinajstić information content (AvgIpc) is 2.72. The van der Waals surface area contributed by atoms with Gasteiger partial charge in [-0.1, -0.05) is 60.7 Å². The molecular formula is C25H26N2O3. The van der Waals surface area contributed by atoms with Crippen LogP contribution in [0.3, 0.4) is 0 Å². The van der Waals surface area contributed by atoms with Gasteiger partial charge in [-0.05, 0) is 60.7 Å². The van der Waals surface area contributed by atoms with Gasteiger partial charge in [0.25, 0.3) is 0 Å². The molecule has 1 unspecified atom stereocenters. The lowest BCUT2D eigenvalue weighted by Gasteiger charge is -2.24. The smallest absolute Gasteiger partial charge is 0.313 e. The Kier molecular flexibility index (Phi) is 6.33. The zero-order chi connectivity index (χ0) is 21.7. The molecule has 0 aliphatic heterocycles. The maximum absolute atomic E-state index is 12.2. The Morgan fingerprint density at radius 1 is 0.833 bits per heavy atom. The minimum Gasteiger partial charge on any atom is -0.384 e. The van der Waals surface area contributed by atoms with Crippen molar-refractivity contribution in [3.63, 3.8) is 0 Å². The second-order valence-electron chi connectivity index (χ2n) is 7.73. The van der Waals surface area contributed by atoms with E-state index in [9.17, 15) is 14.7 Å². The number of aryl methyl sites for hydroxylation is 2. The summed E-state index contributed by atoms with van der Waals surface area (Å²) in [6.07, 6.45) is 0. The second-order valence-corrected chi connectivity index (χ2v) is 7.73. The molecule has 0 aliphatic carbocycles. The van der Waals surface area contributed by atoms with E-state index in [4.69, 9.17) is 0 Å². The van der Waals surface area contributed by atoms with Crippen molar-refractivity contribution in [1.29, 1.82) is 0 Å². The molecule has 0 saturated carbocycles. The lowest BCUT2D eigenvalue weighted by Crippen LogP contribution is -2.43. The number of anilines is 1. The van der Waals surface area contributed by atoms with Gasteiger partial charge in [0, 0.05) is 5.69 Å². The fraction of sp³-hybridized carbons (Fsp3) is 0.200.